The fourth-order valence-electron chi connectivity index (χ4n) is 3.57. The molecular weight excluding hydrogens is 370 g/mol. The molecule has 7 nitrogen and oxygen atoms in total. The Balaban J connectivity index is 2.03. The Morgan fingerprint density at radius 1 is 1.14 bits per heavy atom. The van der Waals surface area contributed by atoms with Crippen molar-refractivity contribution in [3.05, 3.63) is 35.9 Å². The highest BCUT2D eigenvalue weighted by atomic mass is 16.5. The molecule has 29 heavy (non-hydrogen) atoms. The first kappa shape index (κ1) is 22.9. The Hall–Kier alpha value is -2.41. The van der Waals surface area contributed by atoms with Crippen molar-refractivity contribution in [3.8, 4) is 0 Å². The molecular formula is C22H33N3O4. The van der Waals surface area contributed by atoms with Crippen molar-refractivity contribution in [2.45, 2.75) is 39.2 Å². The second-order valence-electron chi connectivity index (χ2n) is 7.77. The number of benzene rings is 1. The lowest BCUT2D eigenvalue weighted by molar-refractivity contribution is -0.136. The van der Waals surface area contributed by atoms with Gasteiger partial charge in [-0.25, -0.2) is 0 Å². The summed E-state index contributed by atoms with van der Waals surface area (Å²) in [4.78, 5) is 39.6. The van der Waals surface area contributed by atoms with Gasteiger partial charge in [-0.05, 0) is 37.3 Å². The number of carbonyl (C=O) groups excluding carboxylic acids is 3. The molecule has 0 unspecified atom stereocenters. The zero-order valence-corrected chi connectivity index (χ0v) is 17.6. The molecule has 1 saturated heterocycles. The summed E-state index contributed by atoms with van der Waals surface area (Å²) >= 11 is 0. The summed E-state index contributed by atoms with van der Waals surface area (Å²) in [5.41, 5.74) is 0.525. The predicted molar refractivity (Wildman–Crippen MR) is 111 cm³/mol. The van der Waals surface area contributed by atoms with Crippen LogP contribution in [0.1, 0.15) is 43.5 Å². The average Bonchev–Trinajstić information content (AvgIpc) is 2.75. The molecule has 1 aromatic rings. The van der Waals surface area contributed by atoms with Crippen LogP contribution in [0.5, 0.6) is 0 Å². The van der Waals surface area contributed by atoms with Crippen LogP contribution >= 0.6 is 0 Å². The Bertz CT molecular complexity index is 670. The van der Waals surface area contributed by atoms with Gasteiger partial charge in [-0.1, -0.05) is 32.0 Å². The van der Waals surface area contributed by atoms with E-state index < -0.39 is 6.04 Å². The van der Waals surface area contributed by atoms with E-state index in [1.807, 2.05) is 24.8 Å². The van der Waals surface area contributed by atoms with Crippen LogP contribution in [0.15, 0.2) is 30.3 Å². The molecule has 2 rings (SSSR count). The maximum atomic E-state index is 12.8. The highest BCUT2D eigenvalue weighted by Crippen LogP contribution is 2.22. The molecule has 0 radical (unpaired) electrons. The van der Waals surface area contributed by atoms with Crippen LogP contribution in [0.3, 0.4) is 0 Å². The molecule has 1 aromatic carbocycles. The van der Waals surface area contributed by atoms with Crippen molar-refractivity contribution in [2.75, 3.05) is 33.4 Å². The van der Waals surface area contributed by atoms with Gasteiger partial charge in [-0.15, -0.1) is 0 Å². The molecule has 0 spiro atoms. The summed E-state index contributed by atoms with van der Waals surface area (Å²) in [6, 6.07) is 8.27. The Morgan fingerprint density at radius 3 is 2.38 bits per heavy atom. The first-order chi connectivity index (χ1) is 13.9. The zero-order chi connectivity index (χ0) is 21.2. The highest BCUT2D eigenvalue weighted by molar-refractivity contribution is 5.97. The fourth-order valence-corrected chi connectivity index (χ4v) is 3.57. The number of piperidine rings is 1. The van der Waals surface area contributed by atoms with Gasteiger partial charge in [-0.2, -0.15) is 0 Å². The van der Waals surface area contributed by atoms with E-state index in [1.165, 1.54) is 0 Å². The Labute approximate surface area is 173 Å². The average molecular weight is 404 g/mol. The van der Waals surface area contributed by atoms with Crippen LogP contribution in [-0.2, 0) is 14.3 Å². The molecule has 1 aliphatic heterocycles. The number of carbonyl (C=O) groups is 3. The summed E-state index contributed by atoms with van der Waals surface area (Å²) in [6.07, 6.45) is 2.08. The monoisotopic (exact) mass is 403 g/mol. The molecule has 3 amide bonds. The summed E-state index contributed by atoms with van der Waals surface area (Å²) in [7, 11) is 1.62. The molecule has 0 aliphatic carbocycles. The fraction of sp³-hybridized carbons (Fsp3) is 0.591. The van der Waals surface area contributed by atoms with Crippen LogP contribution in [0, 0.1) is 11.8 Å². The third-order valence-corrected chi connectivity index (χ3v) is 5.25. The maximum Gasteiger partial charge on any atom is 0.251 e. The number of nitrogens with zero attached hydrogens (tertiary/aromatic N) is 1. The van der Waals surface area contributed by atoms with Crippen molar-refractivity contribution in [1.82, 2.24) is 15.5 Å². The molecule has 160 valence electrons. The highest BCUT2D eigenvalue weighted by Gasteiger charge is 2.34. The predicted octanol–water partition coefficient (Wildman–Crippen LogP) is 1.83. The SMILES string of the molecule is COCCCNC(=O)[C@@H](NC(=O)c1ccccc1)C1CCN(C(=O)C(C)C)CC1. The van der Waals surface area contributed by atoms with Crippen molar-refractivity contribution < 1.29 is 19.1 Å². The number of amides is 3. The number of methoxy groups -OCH3 is 1. The van der Waals surface area contributed by atoms with Crippen molar-refractivity contribution >= 4 is 17.7 Å². The van der Waals surface area contributed by atoms with Gasteiger partial charge in [-0.3, -0.25) is 14.4 Å². The normalized spacial score (nSPS) is 15.8. The molecule has 2 N–H and O–H groups in total. The van der Waals surface area contributed by atoms with E-state index in [0.29, 0.717) is 51.1 Å². The molecule has 7 heteroatoms. The third-order valence-electron chi connectivity index (χ3n) is 5.25. The summed E-state index contributed by atoms with van der Waals surface area (Å²) in [5.74, 6) is -0.356. The zero-order valence-electron chi connectivity index (χ0n) is 17.6. The third kappa shape index (κ3) is 6.85. The lowest BCUT2D eigenvalue weighted by Crippen LogP contribution is -2.54. The van der Waals surface area contributed by atoms with Gasteiger partial charge in [0.15, 0.2) is 0 Å². The number of rotatable bonds is 9. The van der Waals surface area contributed by atoms with Crippen LogP contribution in [-0.4, -0.2) is 62.0 Å². The largest absolute Gasteiger partial charge is 0.385 e. The molecule has 1 heterocycles. The second kappa shape index (κ2) is 11.6. The Kier molecular flexibility index (Phi) is 9.12. The summed E-state index contributed by atoms with van der Waals surface area (Å²) in [5, 5.41) is 5.83. The first-order valence-electron chi connectivity index (χ1n) is 10.4. The molecule has 1 aliphatic rings. The van der Waals surface area contributed by atoms with Crippen molar-refractivity contribution in [3.63, 3.8) is 0 Å². The van der Waals surface area contributed by atoms with Gasteiger partial charge < -0.3 is 20.3 Å². The number of nitrogens with one attached hydrogen (secondary N) is 2. The van der Waals surface area contributed by atoms with Crippen LogP contribution in [0.2, 0.25) is 0 Å². The minimum atomic E-state index is -0.624. The Morgan fingerprint density at radius 2 is 1.79 bits per heavy atom. The number of ether oxygens (including phenoxy) is 1. The van der Waals surface area contributed by atoms with E-state index in [1.54, 1.807) is 31.4 Å². The van der Waals surface area contributed by atoms with Crippen LogP contribution in [0.25, 0.3) is 0 Å². The van der Waals surface area contributed by atoms with E-state index >= 15 is 0 Å². The smallest absolute Gasteiger partial charge is 0.251 e. The van der Waals surface area contributed by atoms with Crippen molar-refractivity contribution in [1.29, 1.82) is 0 Å². The molecule has 0 saturated carbocycles. The lowest BCUT2D eigenvalue weighted by Gasteiger charge is -2.36. The first-order valence-corrected chi connectivity index (χ1v) is 10.4. The van der Waals surface area contributed by atoms with Gasteiger partial charge >= 0.3 is 0 Å². The molecule has 1 atom stereocenters. The molecule has 0 aromatic heterocycles. The minimum absolute atomic E-state index is 0.0127. The van der Waals surface area contributed by atoms with Crippen molar-refractivity contribution in [2.24, 2.45) is 11.8 Å². The maximum absolute atomic E-state index is 12.8. The van der Waals surface area contributed by atoms with Gasteiger partial charge in [0.2, 0.25) is 11.8 Å². The van der Waals surface area contributed by atoms with E-state index in [-0.39, 0.29) is 29.6 Å². The van der Waals surface area contributed by atoms with Crippen LogP contribution in [0.4, 0.5) is 0 Å². The molecule has 0 bridgehead atoms. The summed E-state index contributed by atoms with van der Waals surface area (Å²) in [6.45, 7) is 6.06. The summed E-state index contributed by atoms with van der Waals surface area (Å²) < 4.78 is 5.02. The van der Waals surface area contributed by atoms with Gasteiger partial charge in [0, 0.05) is 44.8 Å². The number of hydrogen-bond acceptors (Lipinski definition) is 4. The topological polar surface area (TPSA) is 87.7 Å². The van der Waals surface area contributed by atoms with E-state index in [0.717, 1.165) is 0 Å². The van der Waals surface area contributed by atoms with Gasteiger partial charge in [0.1, 0.15) is 6.04 Å². The minimum Gasteiger partial charge on any atom is -0.385 e. The second-order valence-corrected chi connectivity index (χ2v) is 7.77. The van der Waals surface area contributed by atoms with Gasteiger partial charge in [0.25, 0.3) is 5.91 Å². The number of hydrogen-bond donors (Lipinski definition) is 2. The number of likely N-dealkylation sites (tertiary alicyclic amines) is 1. The van der Waals surface area contributed by atoms with E-state index in [4.69, 9.17) is 4.74 Å². The quantitative estimate of drug-likeness (QED) is 0.616. The standard InChI is InChI=1S/C22H33N3O4/c1-16(2)22(28)25-13-10-17(11-14-25)19(21(27)23-12-7-15-29-3)24-20(26)18-8-5-4-6-9-18/h4-6,8-9,16-17,19H,7,10-15H2,1-3H3,(H,23,27)(H,24,26)/t19-/m0/s1. The van der Waals surface area contributed by atoms with E-state index in [9.17, 15) is 14.4 Å². The lowest BCUT2D eigenvalue weighted by atomic mass is 9.88. The van der Waals surface area contributed by atoms with Crippen LogP contribution < -0.4 is 10.6 Å². The molecule has 1 fully saturated rings. The van der Waals surface area contributed by atoms with E-state index in [2.05, 4.69) is 10.6 Å². The van der Waals surface area contributed by atoms with Gasteiger partial charge in [0.05, 0.1) is 0 Å².